The van der Waals surface area contributed by atoms with Crippen LogP contribution in [-0.4, -0.2) is 17.1 Å². The van der Waals surface area contributed by atoms with E-state index in [0.717, 1.165) is 31.6 Å². The molecule has 4 heteroatoms. The molecule has 0 aromatic carbocycles. The number of hydrogen-bond donors (Lipinski definition) is 2. The Morgan fingerprint density at radius 3 is 2.80 bits per heavy atom. The summed E-state index contributed by atoms with van der Waals surface area (Å²) in [5, 5.41) is 6.63. The van der Waals surface area contributed by atoms with Gasteiger partial charge in [0.15, 0.2) is 0 Å². The van der Waals surface area contributed by atoms with Gasteiger partial charge < -0.3 is 11.1 Å². The van der Waals surface area contributed by atoms with Crippen LogP contribution in [0.1, 0.15) is 37.4 Å². The van der Waals surface area contributed by atoms with Crippen molar-refractivity contribution in [3.63, 3.8) is 0 Å². The highest BCUT2D eigenvalue weighted by atomic mass is 32.1. The third kappa shape index (κ3) is 5.87. The fraction of sp³-hybridized carbons (Fsp3) is 0.727. The second-order valence-corrected chi connectivity index (χ2v) is 5.59. The van der Waals surface area contributed by atoms with Gasteiger partial charge in [-0.2, -0.15) is 0 Å². The van der Waals surface area contributed by atoms with Crippen molar-refractivity contribution >= 4 is 11.3 Å². The van der Waals surface area contributed by atoms with Crippen LogP contribution in [0.2, 0.25) is 0 Å². The fourth-order valence-corrected chi connectivity index (χ4v) is 2.09. The standard InChI is InChI=1S/C11H21N3S/c1-9-8-15-10(14-9)7-13-6-4-5-11(2,3)12/h8,13H,4-7,12H2,1-3H3. The molecule has 0 radical (unpaired) electrons. The van der Waals surface area contributed by atoms with Crippen LogP contribution in [0.3, 0.4) is 0 Å². The number of nitrogens with two attached hydrogens (primary N) is 1. The van der Waals surface area contributed by atoms with Crippen molar-refractivity contribution in [2.45, 2.75) is 45.7 Å². The lowest BCUT2D eigenvalue weighted by molar-refractivity contribution is 0.448. The minimum atomic E-state index is -0.0422. The van der Waals surface area contributed by atoms with Gasteiger partial charge in [-0.3, -0.25) is 0 Å². The summed E-state index contributed by atoms with van der Waals surface area (Å²) in [6, 6.07) is 0. The van der Waals surface area contributed by atoms with E-state index < -0.39 is 0 Å². The summed E-state index contributed by atoms with van der Waals surface area (Å²) in [4.78, 5) is 4.39. The van der Waals surface area contributed by atoms with E-state index in [2.05, 4.69) is 29.5 Å². The average Bonchev–Trinajstić information content (AvgIpc) is 2.49. The molecule has 0 aliphatic rings. The van der Waals surface area contributed by atoms with Crippen LogP contribution >= 0.6 is 11.3 Å². The van der Waals surface area contributed by atoms with Crippen molar-refractivity contribution in [1.29, 1.82) is 0 Å². The molecule has 0 aliphatic carbocycles. The molecule has 1 rings (SSSR count). The SMILES string of the molecule is Cc1csc(CNCCCC(C)(C)N)n1. The number of nitrogens with zero attached hydrogens (tertiary/aromatic N) is 1. The number of rotatable bonds is 6. The van der Waals surface area contributed by atoms with E-state index in [-0.39, 0.29) is 5.54 Å². The highest BCUT2D eigenvalue weighted by Crippen LogP contribution is 2.08. The van der Waals surface area contributed by atoms with Gasteiger partial charge in [0, 0.05) is 23.2 Å². The number of hydrogen-bond acceptors (Lipinski definition) is 4. The van der Waals surface area contributed by atoms with Crippen molar-refractivity contribution in [3.8, 4) is 0 Å². The highest BCUT2D eigenvalue weighted by molar-refractivity contribution is 7.09. The molecule has 1 heterocycles. The first-order valence-corrected chi connectivity index (χ1v) is 6.26. The molecule has 15 heavy (non-hydrogen) atoms. The summed E-state index contributed by atoms with van der Waals surface area (Å²) < 4.78 is 0. The molecular formula is C11H21N3S. The third-order valence-electron chi connectivity index (χ3n) is 2.12. The summed E-state index contributed by atoms with van der Waals surface area (Å²) in [5.74, 6) is 0. The Morgan fingerprint density at radius 2 is 2.27 bits per heavy atom. The van der Waals surface area contributed by atoms with Gasteiger partial charge in [0.2, 0.25) is 0 Å². The summed E-state index contributed by atoms with van der Waals surface area (Å²) in [5.41, 5.74) is 6.96. The van der Waals surface area contributed by atoms with Gasteiger partial charge in [0.25, 0.3) is 0 Å². The van der Waals surface area contributed by atoms with Crippen molar-refractivity contribution in [2.24, 2.45) is 5.73 Å². The molecular weight excluding hydrogens is 206 g/mol. The number of aryl methyl sites for hydroxylation is 1. The van der Waals surface area contributed by atoms with E-state index in [1.54, 1.807) is 11.3 Å². The lowest BCUT2D eigenvalue weighted by Crippen LogP contribution is -2.32. The zero-order chi connectivity index (χ0) is 11.3. The minimum absolute atomic E-state index is 0.0422. The lowest BCUT2D eigenvalue weighted by Gasteiger charge is -2.17. The fourth-order valence-electron chi connectivity index (χ4n) is 1.35. The molecule has 0 atom stereocenters. The summed E-state index contributed by atoms with van der Waals surface area (Å²) in [6.45, 7) is 8.05. The van der Waals surface area contributed by atoms with Gasteiger partial charge >= 0.3 is 0 Å². The smallest absolute Gasteiger partial charge is 0.107 e. The van der Waals surface area contributed by atoms with Crippen molar-refractivity contribution < 1.29 is 0 Å². The van der Waals surface area contributed by atoms with E-state index in [9.17, 15) is 0 Å². The van der Waals surface area contributed by atoms with Crippen LogP contribution in [0, 0.1) is 6.92 Å². The first-order chi connectivity index (χ1) is 6.97. The molecule has 0 spiro atoms. The molecule has 1 aromatic heterocycles. The Balaban J connectivity index is 2.07. The van der Waals surface area contributed by atoms with Gasteiger partial charge in [-0.25, -0.2) is 4.98 Å². The summed E-state index contributed by atoms with van der Waals surface area (Å²) in [7, 11) is 0. The predicted octanol–water partition coefficient (Wildman–Crippen LogP) is 2.06. The molecule has 86 valence electrons. The third-order valence-corrected chi connectivity index (χ3v) is 3.08. The highest BCUT2D eigenvalue weighted by Gasteiger charge is 2.08. The number of nitrogens with one attached hydrogen (secondary N) is 1. The van der Waals surface area contributed by atoms with Gasteiger partial charge in [-0.15, -0.1) is 11.3 Å². The van der Waals surface area contributed by atoms with Crippen LogP contribution in [0.5, 0.6) is 0 Å². The molecule has 0 unspecified atom stereocenters. The van der Waals surface area contributed by atoms with Crippen molar-refractivity contribution in [3.05, 3.63) is 16.1 Å². The van der Waals surface area contributed by atoms with Gasteiger partial charge in [-0.05, 0) is 40.2 Å². The normalized spacial score (nSPS) is 12.0. The zero-order valence-electron chi connectivity index (χ0n) is 9.84. The lowest BCUT2D eigenvalue weighted by atomic mass is 10.0. The Morgan fingerprint density at radius 1 is 1.53 bits per heavy atom. The van der Waals surface area contributed by atoms with Crippen LogP contribution in [-0.2, 0) is 6.54 Å². The van der Waals surface area contributed by atoms with E-state index >= 15 is 0 Å². The van der Waals surface area contributed by atoms with Crippen molar-refractivity contribution in [2.75, 3.05) is 6.54 Å². The number of thiazole rings is 1. The van der Waals surface area contributed by atoms with Crippen LogP contribution < -0.4 is 11.1 Å². The second-order valence-electron chi connectivity index (χ2n) is 4.65. The molecule has 0 fully saturated rings. The first kappa shape index (κ1) is 12.6. The monoisotopic (exact) mass is 227 g/mol. The van der Waals surface area contributed by atoms with E-state index in [0.29, 0.717) is 0 Å². The Kier molecular flexibility index (Phi) is 4.70. The molecule has 0 saturated carbocycles. The summed E-state index contributed by atoms with van der Waals surface area (Å²) >= 11 is 1.71. The topological polar surface area (TPSA) is 50.9 Å². The quantitative estimate of drug-likeness (QED) is 0.731. The van der Waals surface area contributed by atoms with Gasteiger partial charge in [-0.1, -0.05) is 0 Å². The van der Waals surface area contributed by atoms with Crippen molar-refractivity contribution in [1.82, 2.24) is 10.3 Å². The molecule has 1 aromatic rings. The first-order valence-electron chi connectivity index (χ1n) is 5.38. The minimum Gasteiger partial charge on any atom is -0.326 e. The summed E-state index contributed by atoms with van der Waals surface area (Å²) in [6.07, 6.45) is 2.17. The average molecular weight is 227 g/mol. The van der Waals surface area contributed by atoms with E-state index in [1.165, 1.54) is 5.01 Å². The van der Waals surface area contributed by atoms with E-state index in [4.69, 9.17) is 5.73 Å². The van der Waals surface area contributed by atoms with Crippen LogP contribution in [0.25, 0.3) is 0 Å². The second kappa shape index (κ2) is 5.58. The van der Waals surface area contributed by atoms with Crippen LogP contribution in [0.4, 0.5) is 0 Å². The molecule has 0 amide bonds. The Bertz CT molecular complexity index is 288. The maximum atomic E-state index is 5.89. The zero-order valence-corrected chi connectivity index (χ0v) is 10.7. The van der Waals surface area contributed by atoms with Gasteiger partial charge in [0.05, 0.1) is 0 Å². The Labute approximate surface area is 96.1 Å². The predicted molar refractivity (Wildman–Crippen MR) is 66.1 cm³/mol. The largest absolute Gasteiger partial charge is 0.326 e. The van der Waals surface area contributed by atoms with Crippen LogP contribution in [0.15, 0.2) is 5.38 Å². The van der Waals surface area contributed by atoms with E-state index in [1.807, 2.05) is 6.92 Å². The molecule has 3 N–H and O–H groups in total. The molecule has 0 bridgehead atoms. The van der Waals surface area contributed by atoms with Gasteiger partial charge in [0.1, 0.15) is 5.01 Å². The maximum Gasteiger partial charge on any atom is 0.107 e. The Hall–Kier alpha value is -0.450. The number of aromatic nitrogens is 1. The molecule has 0 aliphatic heterocycles. The maximum absolute atomic E-state index is 5.89. The molecule has 0 saturated heterocycles. The molecule has 3 nitrogen and oxygen atoms in total.